The van der Waals surface area contributed by atoms with Crippen molar-refractivity contribution >= 4 is 21.6 Å². The molecule has 2 aliphatic heterocycles. The van der Waals surface area contributed by atoms with Gasteiger partial charge >= 0.3 is 0 Å². The number of methoxy groups -OCH3 is 1. The van der Waals surface area contributed by atoms with Crippen LogP contribution in [0.15, 0.2) is 23.1 Å². The largest absolute Gasteiger partial charge is 0.496 e. The van der Waals surface area contributed by atoms with Crippen molar-refractivity contribution in [1.29, 1.82) is 0 Å². The average Bonchev–Trinajstić information content (AvgIpc) is 3.12. The molecule has 2 fully saturated rings. The number of hydrogen-bond acceptors (Lipinski definition) is 7. The van der Waals surface area contributed by atoms with Crippen molar-refractivity contribution in [3.8, 4) is 5.75 Å². The first kappa shape index (κ1) is 19.0. The molecule has 1 aromatic rings. The number of piperazine rings is 1. The number of hydrogen-bond donors (Lipinski definition) is 3. The van der Waals surface area contributed by atoms with E-state index in [1.807, 2.05) is 6.07 Å². The minimum absolute atomic E-state index is 0.0750. The van der Waals surface area contributed by atoms with E-state index in [1.54, 1.807) is 19.2 Å². The van der Waals surface area contributed by atoms with Crippen LogP contribution in [0.5, 0.6) is 5.75 Å². The molecular weight excluding hydrogens is 358 g/mol. The number of ether oxygens (including phenoxy) is 1. The topological polar surface area (TPSA) is 79.5 Å². The Morgan fingerprint density at radius 2 is 2.20 bits per heavy atom. The Hall–Kier alpha value is -0.800. The number of benzene rings is 1. The van der Waals surface area contributed by atoms with Gasteiger partial charge in [0.25, 0.3) is 0 Å². The molecule has 3 rings (SSSR count). The zero-order valence-electron chi connectivity index (χ0n) is 14.7. The summed E-state index contributed by atoms with van der Waals surface area (Å²) in [5.41, 5.74) is 0.976. The van der Waals surface area contributed by atoms with Crippen LogP contribution in [0.1, 0.15) is 24.4 Å². The Labute approximate surface area is 154 Å². The van der Waals surface area contributed by atoms with Crippen LogP contribution in [0.25, 0.3) is 0 Å². The van der Waals surface area contributed by atoms with Gasteiger partial charge in [-0.1, -0.05) is 6.07 Å². The summed E-state index contributed by atoms with van der Waals surface area (Å²) in [5.74, 6) is 1.88. The van der Waals surface area contributed by atoms with Gasteiger partial charge in [-0.25, -0.2) is 8.42 Å². The van der Waals surface area contributed by atoms with E-state index in [9.17, 15) is 8.42 Å². The minimum atomic E-state index is -3.24. The van der Waals surface area contributed by atoms with Crippen LogP contribution in [0, 0.1) is 0 Å². The van der Waals surface area contributed by atoms with E-state index >= 15 is 0 Å². The van der Waals surface area contributed by atoms with E-state index in [0.717, 1.165) is 25.2 Å². The van der Waals surface area contributed by atoms with Crippen molar-refractivity contribution in [1.82, 2.24) is 16.0 Å². The Bertz CT molecular complexity index is 690. The lowest BCUT2D eigenvalue weighted by molar-refractivity contribution is 0.295. The molecule has 0 aromatic heterocycles. The van der Waals surface area contributed by atoms with Gasteiger partial charge in [-0.05, 0) is 30.7 Å². The summed E-state index contributed by atoms with van der Waals surface area (Å²) >= 11 is 2.05. The van der Waals surface area contributed by atoms with Crippen molar-refractivity contribution < 1.29 is 13.2 Å². The third-order valence-electron chi connectivity index (χ3n) is 4.72. The Morgan fingerprint density at radius 1 is 1.36 bits per heavy atom. The summed E-state index contributed by atoms with van der Waals surface area (Å²) in [6, 6.07) is 5.19. The smallest absolute Gasteiger partial charge is 0.175 e. The second kappa shape index (κ2) is 8.26. The fourth-order valence-electron chi connectivity index (χ4n) is 3.35. The molecule has 3 atom stereocenters. The van der Waals surface area contributed by atoms with E-state index in [-0.39, 0.29) is 17.1 Å². The molecule has 0 aliphatic carbocycles. The van der Waals surface area contributed by atoms with Crippen LogP contribution in [-0.2, 0) is 9.84 Å². The van der Waals surface area contributed by atoms with Gasteiger partial charge in [0.2, 0.25) is 0 Å². The summed E-state index contributed by atoms with van der Waals surface area (Å²) in [6.07, 6.45) is 4.02. The van der Waals surface area contributed by atoms with Gasteiger partial charge in [-0.3, -0.25) is 10.6 Å². The summed E-state index contributed by atoms with van der Waals surface area (Å²) in [5, 5.41) is 11.4. The molecule has 2 heterocycles. The average molecular weight is 386 g/mol. The third kappa shape index (κ3) is 4.89. The molecular formula is C17H27N3O3S2. The predicted molar refractivity (Wildman–Crippen MR) is 102 cm³/mol. The summed E-state index contributed by atoms with van der Waals surface area (Å²) in [4.78, 5) is 0.282. The van der Waals surface area contributed by atoms with E-state index in [0.29, 0.717) is 11.0 Å². The molecule has 0 saturated carbocycles. The fourth-order valence-corrected chi connectivity index (χ4v) is 5.20. The zero-order valence-corrected chi connectivity index (χ0v) is 16.4. The van der Waals surface area contributed by atoms with Crippen LogP contribution in [0.4, 0.5) is 0 Å². The van der Waals surface area contributed by atoms with Crippen LogP contribution in [-0.4, -0.2) is 58.6 Å². The standard InChI is InChI=1S/C17H27N3O3S2/c1-23-16-8-13(25(2,21)22)5-6-14(16)15-10-18-11-17(20-15)19-9-12-4-3-7-24-12/h5-6,8,12,15,17-20H,3-4,7,9-11H2,1-2H3. The maximum atomic E-state index is 11.8. The highest BCUT2D eigenvalue weighted by Gasteiger charge is 2.26. The molecule has 2 saturated heterocycles. The van der Waals surface area contributed by atoms with Gasteiger partial charge in [-0.15, -0.1) is 0 Å². The summed E-state index contributed by atoms with van der Waals surface area (Å²) < 4.78 is 29.0. The number of rotatable bonds is 6. The lowest BCUT2D eigenvalue weighted by Crippen LogP contribution is -2.57. The second-order valence-corrected chi connectivity index (χ2v) is 10.1. The SMILES string of the molecule is COc1cc(S(C)(=O)=O)ccc1C1CNCC(NCC2CCCS2)N1. The highest BCUT2D eigenvalue weighted by Crippen LogP contribution is 2.29. The van der Waals surface area contributed by atoms with Crippen LogP contribution in [0.2, 0.25) is 0 Å². The molecule has 0 spiro atoms. The molecule has 25 heavy (non-hydrogen) atoms. The molecule has 1 aromatic carbocycles. The number of nitrogens with one attached hydrogen (secondary N) is 3. The zero-order chi connectivity index (χ0) is 17.9. The Balaban J connectivity index is 1.67. The third-order valence-corrected chi connectivity index (χ3v) is 7.23. The normalized spacial score (nSPS) is 27.4. The molecule has 140 valence electrons. The summed E-state index contributed by atoms with van der Waals surface area (Å²) in [7, 11) is -1.66. The molecule has 3 unspecified atom stereocenters. The summed E-state index contributed by atoms with van der Waals surface area (Å²) in [6.45, 7) is 2.67. The molecule has 8 heteroatoms. The first-order valence-electron chi connectivity index (χ1n) is 8.67. The van der Waals surface area contributed by atoms with E-state index in [2.05, 4.69) is 27.7 Å². The van der Waals surface area contributed by atoms with Crippen molar-refractivity contribution in [3.05, 3.63) is 23.8 Å². The highest BCUT2D eigenvalue weighted by atomic mass is 32.2. The lowest BCUT2D eigenvalue weighted by atomic mass is 10.0. The monoisotopic (exact) mass is 385 g/mol. The first-order chi connectivity index (χ1) is 12.0. The molecule has 0 radical (unpaired) electrons. The van der Waals surface area contributed by atoms with Gasteiger partial charge < -0.3 is 10.1 Å². The Morgan fingerprint density at radius 3 is 2.88 bits per heavy atom. The van der Waals surface area contributed by atoms with Gasteiger partial charge in [0.1, 0.15) is 5.75 Å². The molecule has 6 nitrogen and oxygen atoms in total. The Kier molecular flexibility index (Phi) is 6.27. The maximum Gasteiger partial charge on any atom is 0.175 e. The molecule has 3 N–H and O–H groups in total. The molecule has 0 bridgehead atoms. The van der Waals surface area contributed by atoms with Gasteiger partial charge in [-0.2, -0.15) is 11.8 Å². The van der Waals surface area contributed by atoms with Crippen molar-refractivity contribution in [2.45, 2.75) is 35.2 Å². The van der Waals surface area contributed by atoms with Crippen LogP contribution < -0.4 is 20.7 Å². The number of sulfone groups is 1. The minimum Gasteiger partial charge on any atom is -0.496 e. The van der Waals surface area contributed by atoms with Crippen LogP contribution >= 0.6 is 11.8 Å². The quantitative estimate of drug-likeness (QED) is 0.678. The highest BCUT2D eigenvalue weighted by molar-refractivity contribution is 8.00. The van der Waals surface area contributed by atoms with Gasteiger partial charge in [0.15, 0.2) is 9.84 Å². The van der Waals surface area contributed by atoms with Crippen molar-refractivity contribution in [2.75, 3.05) is 38.8 Å². The predicted octanol–water partition coefficient (Wildman–Crippen LogP) is 1.14. The first-order valence-corrected chi connectivity index (χ1v) is 11.6. The second-order valence-electron chi connectivity index (χ2n) is 6.65. The maximum absolute atomic E-state index is 11.8. The van der Waals surface area contributed by atoms with Crippen molar-refractivity contribution in [3.63, 3.8) is 0 Å². The molecule has 2 aliphatic rings. The van der Waals surface area contributed by atoms with E-state index in [1.165, 1.54) is 24.9 Å². The van der Waals surface area contributed by atoms with Gasteiger partial charge in [0, 0.05) is 42.7 Å². The fraction of sp³-hybridized carbons (Fsp3) is 0.647. The van der Waals surface area contributed by atoms with E-state index in [4.69, 9.17) is 4.74 Å². The van der Waals surface area contributed by atoms with E-state index < -0.39 is 9.84 Å². The van der Waals surface area contributed by atoms with Crippen molar-refractivity contribution in [2.24, 2.45) is 0 Å². The molecule has 0 amide bonds. The number of thioether (sulfide) groups is 1. The van der Waals surface area contributed by atoms with Crippen LogP contribution in [0.3, 0.4) is 0 Å². The lowest BCUT2D eigenvalue weighted by Gasteiger charge is -2.34. The van der Waals surface area contributed by atoms with Gasteiger partial charge in [0.05, 0.1) is 18.2 Å².